The molecule has 0 saturated heterocycles. The fourth-order valence-corrected chi connectivity index (χ4v) is 2.50. The van der Waals surface area contributed by atoms with Crippen molar-refractivity contribution in [1.29, 1.82) is 0 Å². The molecule has 0 aromatic heterocycles. The lowest BCUT2D eigenvalue weighted by Gasteiger charge is -2.23. The molecule has 0 spiro atoms. The van der Waals surface area contributed by atoms with Gasteiger partial charge < -0.3 is 4.90 Å². The first kappa shape index (κ1) is 14.4. The number of hydrogen-bond acceptors (Lipinski definition) is 1. The van der Waals surface area contributed by atoms with Gasteiger partial charge in [0.25, 0.3) is 5.91 Å². The van der Waals surface area contributed by atoms with E-state index < -0.39 is 0 Å². The summed E-state index contributed by atoms with van der Waals surface area (Å²) >= 11 is 8.99. The van der Waals surface area contributed by atoms with Crippen molar-refractivity contribution in [2.45, 2.75) is 13.0 Å². The van der Waals surface area contributed by atoms with E-state index in [2.05, 4.69) is 54.5 Å². The van der Waals surface area contributed by atoms with E-state index in [9.17, 15) is 4.79 Å². The third-order valence-electron chi connectivity index (χ3n) is 2.36. The largest absolute Gasteiger partial charge is 0.338 e. The Morgan fingerprint density at radius 2 is 2.19 bits per heavy atom. The average Bonchev–Trinajstić information content (AvgIpc) is 2.29. The van der Waals surface area contributed by atoms with Crippen LogP contribution in [0, 0.1) is 3.57 Å². The fourth-order valence-electron chi connectivity index (χ4n) is 1.16. The first-order valence-corrected chi connectivity index (χ1v) is 7.75. The Kier molecular flexibility index (Phi) is 5.73. The highest BCUT2D eigenvalue weighted by Crippen LogP contribution is 2.21. The SMILES string of the molecule is CC(CBr)N(C)C(=O)c1cc(I)ccc1Br. The van der Waals surface area contributed by atoms with Gasteiger partial charge in [-0.1, -0.05) is 15.9 Å². The van der Waals surface area contributed by atoms with Crippen molar-refractivity contribution in [3.8, 4) is 0 Å². The maximum atomic E-state index is 12.2. The van der Waals surface area contributed by atoms with Crippen molar-refractivity contribution < 1.29 is 4.79 Å². The number of benzene rings is 1. The van der Waals surface area contributed by atoms with E-state index in [1.54, 1.807) is 4.90 Å². The summed E-state index contributed by atoms with van der Waals surface area (Å²) in [7, 11) is 1.82. The lowest BCUT2D eigenvalue weighted by molar-refractivity contribution is 0.0757. The molecule has 1 unspecified atom stereocenters. The molecule has 1 atom stereocenters. The van der Waals surface area contributed by atoms with Gasteiger partial charge in [-0.25, -0.2) is 0 Å². The topological polar surface area (TPSA) is 20.3 Å². The zero-order chi connectivity index (χ0) is 12.3. The fraction of sp³-hybridized carbons (Fsp3) is 0.364. The van der Waals surface area contributed by atoms with Gasteiger partial charge in [0, 0.05) is 26.5 Å². The van der Waals surface area contributed by atoms with Crippen LogP contribution in [0.4, 0.5) is 0 Å². The van der Waals surface area contributed by atoms with Crippen LogP contribution in [0.3, 0.4) is 0 Å². The van der Waals surface area contributed by atoms with Gasteiger partial charge in [-0.05, 0) is 63.6 Å². The van der Waals surface area contributed by atoms with E-state index in [-0.39, 0.29) is 11.9 Å². The van der Waals surface area contributed by atoms with E-state index >= 15 is 0 Å². The van der Waals surface area contributed by atoms with Gasteiger partial charge in [-0.2, -0.15) is 0 Å². The van der Waals surface area contributed by atoms with Crippen molar-refractivity contribution in [1.82, 2.24) is 4.90 Å². The Labute approximate surface area is 126 Å². The summed E-state index contributed by atoms with van der Waals surface area (Å²) < 4.78 is 1.90. The van der Waals surface area contributed by atoms with Gasteiger partial charge in [0.1, 0.15) is 0 Å². The molecule has 0 aliphatic carbocycles. The second-order valence-corrected chi connectivity index (χ2v) is 6.29. The number of rotatable bonds is 3. The summed E-state index contributed by atoms with van der Waals surface area (Å²) in [6.07, 6.45) is 0. The van der Waals surface area contributed by atoms with Crippen molar-refractivity contribution in [2.75, 3.05) is 12.4 Å². The van der Waals surface area contributed by atoms with Crippen molar-refractivity contribution in [3.05, 3.63) is 31.8 Å². The molecule has 0 radical (unpaired) electrons. The van der Waals surface area contributed by atoms with Crippen molar-refractivity contribution >= 4 is 60.4 Å². The quantitative estimate of drug-likeness (QED) is 0.495. The van der Waals surface area contributed by atoms with Crippen LogP contribution in [0.5, 0.6) is 0 Å². The molecule has 1 aromatic rings. The molecule has 1 aromatic carbocycles. The van der Waals surface area contributed by atoms with Crippen LogP contribution >= 0.6 is 54.5 Å². The van der Waals surface area contributed by atoms with E-state index in [4.69, 9.17) is 0 Å². The Hall–Kier alpha value is 0.380. The van der Waals surface area contributed by atoms with E-state index in [1.807, 2.05) is 32.2 Å². The number of carbonyl (C=O) groups excluding carboxylic acids is 1. The Balaban J connectivity index is 3.00. The molecule has 1 rings (SSSR count). The Morgan fingerprint density at radius 1 is 1.56 bits per heavy atom. The predicted molar refractivity (Wildman–Crippen MR) is 82.2 cm³/mol. The van der Waals surface area contributed by atoms with Gasteiger partial charge >= 0.3 is 0 Å². The number of nitrogens with zero attached hydrogens (tertiary/aromatic N) is 1. The number of carbonyl (C=O) groups is 1. The third-order valence-corrected chi connectivity index (χ3v) is 4.66. The maximum Gasteiger partial charge on any atom is 0.255 e. The lowest BCUT2D eigenvalue weighted by Crippen LogP contribution is -2.36. The normalized spacial score (nSPS) is 12.3. The second-order valence-electron chi connectivity index (χ2n) is 3.54. The predicted octanol–water partition coefficient (Wildman–Crippen LogP) is 3.91. The van der Waals surface area contributed by atoms with Gasteiger partial charge in [-0.15, -0.1) is 0 Å². The van der Waals surface area contributed by atoms with Crippen molar-refractivity contribution in [3.63, 3.8) is 0 Å². The first-order chi connectivity index (χ1) is 7.47. The number of halogens is 3. The summed E-state index contributed by atoms with van der Waals surface area (Å²) in [5.41, 5.74) is 0.710. The first-order valence-electron chi connectivity index (χ1n) is 4.75. The zero-order valence-electron chi connectivity index (χ0n) is 9.01. The molecule has 0 N–H and O–H groups in total. The third kappa shape index (κ3) is 3.43. The average molecular weight is 461 g/mol. The summed E-state index contributed by atoms with van der Waals surface area (Å²) in [5.74, 6) is 0.0392. The van der Waals surface area contributed by atoms with Crippen LogP contribution in [0.25, 0.3) is 0 Å². The molecular weight excluding hydrogens is 449 g/mol. The highest BCUT2D eigenvalue weighted by Gasteiger charge is 2.18. The number of hydrogen-bond donors (Lipinski definition) is 0. The standard InChI is InChI=1S/C11H12Br2INO/c1-7(6-12)15(2)11(16)9-5-8(14)3-4-10(9)13/h3-5,7H,6H2,1-2H3. The molecule has 2 nitrogen and oxygen atoms in total. The minimum absolute atomic E-state index is 0.0392. The molecule has 0 bridgehead atoms. The maximum absolute atomic E-state index is 12.2. The molecule has 0 aliphatic rings. The van der Waals surface area contributed by atoms with Gasteiger partial charge in [0.05, 0.1) is 5.56 Å². The van der Waals surface area contributed by atoms with Crippen LogP contribution in [-0.4, -0.2) is 29.2 Å². The van der Waals surface area contributed by atoms with E-state index in [1.165, 1.54) is 0 Å². The summed E-state index contributed by atoms with van der Waals surface area (Å²) in [6, 6.07) is 5.94. The monoisotopic (exact) mass is 459 g/mol. The van der Waals surface area contributed by atoms with Crippen LogP contribution in [0.2, 0.25) is 0 Å². The van der Waals surface area contributed by atoms with E-state index in [0.29, 0.717) is 5.56 Å². The highest BCUT2D eigenvalue weighted by molar-refractivity contribution is 14.1. The minimum atomic E-state index is 0.0392. The van der Waals surface area contributed by atoms with Gasteiger partial charge in [0.2, 0.25) is 0 Å². The van der Waals surface area contributed by atoms with E-state index in [0.717, 1.165) is 13.4 Å². The molecule has 16 heavy (non-hydrogen) atoms. The molecular formula is C11H12Br2INO. The van der Waals surface area contributed by atoms with Gasteiger partial charge in [0.15, 0.2) is 0 Å². The molecule has 0 heterocycles. The molecule has 0 saturated carbocycles. The Morgan fingerprint density at radius 3 is 2.75 bits per heavy atom. The smallest absolute Gasteiger partial charge is 0.255 e. The van der Waals surface area contributed by atoms with Crippen LogP contribution in [0.1, 0.15) is 17.3 Å². The lowest BCUT2D eigenvalue weighted by atomic mass is 10.2. The molecule has 0 aliphatic heterocycles. The Bertz CT molecular complexity index is 398. The zero-order valence-corrected chi connectivity index (χ0v) is 14.3. The second kappa shape index (κ2) is 6.35. The highest BCUT2D eigenvalue weighted by atomic mass is 127. The summed E-state index contributed by atoms with van der Waals surface area (Å²) in [4.78, 5) is 13.9. The number of amides is 1. The molecule has 88 valence electrons. The minimum Gasteiger partial charge on any atom is -0.338 e. The summed E-state index contributed by atoms with van der Waals surface area (Å²) in [6.45, 7) is 2.01. The summed E-state index contributed by atoms with van der Waals surface area (Å²) in [5, 5.41) is 0.775. The molecule has 0 fully saturated rings. The molecule has 1 amide bonds. The van der Waals surface area contributed by atoms with Crippen LogP contribution in [-0.2, 0) is 0 Å². The molecule has 5 heteroatoms. The van der Waals surface area contributed by atoms with Crippen LogP contribution in [0.15, 0.2) is 22.7 Å². The van der Waals surface area contributed by atoms with Gasteiger partial charge in [-0.3, -0.25) is 4.79 Å². The number of alkyl halides is 1. The van der Waals surface area contributed by atoms with Crippen molar-refractivity contribution in [2.24, 2.45) is 0 Å². The van der Waals surface area contributed by atoms with Crippen LogP contribution < -0.4 is 0 Å².